The number of hydrogen-bond acceptors (Lipinski definition) is 9. The minimum Gasteiger partial charge on any atom is -0.494 e. The predicted molar refractivity (Wildman–Crippen MR) is 169 cm³/mol. The molecule has 0 bridgehead atoms. The van der Waals surface area contributed by atoms with Crippen LogP contribution in [0.1, 0.15) is 26.7 Å². The van der Waals surface area contributed by atoms with Crippen molar-refractivity contribution in [2.45, 2.75) is 50.9 Å². The van der Waals surface area contributed by atoms with E-state index >= 15 is 0 Å². The van der Waals surface area contributed by atoms with E-state index < -0.39 is 40.8 Å². The van der Waals surface area contributed by atoms with Gasteiger partial charge in [0.1, 0.15) is 47.4 Å². The first-order chi connectivity index (χ1) is 21.6. The SMILES string of the molecule is C#CCO[C@H](C)[C@H](NC[C@H](C)NC)C(=O)N1CCC[C@H]1C(=O)Nc1cc2c(Nc3ccc(F)c(Cl)c3F)ncnc2cc1OC. The highest BCUT2D eigenvalue weighted by atomic mass is 35.5. The van der Waals surface area contributed by atoms with Gasteiger partial charge >= 0.3 is 0 Å². The van der Waals surface area contributed by atoms with Crippen LogP contribution in [0.4, 0.5) is 26.0 Å². The van der Waals surface area contributed by atoms with Crippen molar-refractivity contribution in [1.29, 1.82) is 0 Å². The Bertz CT molecular complexity index is 1590. The second-order valence-corrected chi connectivity index (χ2v) is 11.0. The van der Waals surface area contributed by atoms with Gasteiger partial charge in [-0.3, -0.25) is 9.59 Å². The van der Waals surface area contributed by atoms with E-state index in [0.29, 0.717) is 42.6 Å². The molecule has 0 aliphatic carbocycles. The first-order valence-electron chi connectivity index (χ1n) is 14.4. The Morgan fingerprint density at radius 2 is 2.00 bits per heavy atom. The maximum absolute atomic E-state index is 14.7. The molecule has 1 aliphatic heterocycles. The van der Waals surface area contributed by atoms with Gasteiger partial charge in [0.15, 0.2) is 5.82 Å². The average Bonchev–Trinajstić information content (AvgIpc) is 3.54. The Kier molecular flexibility index (Phi) is 11.5. The lowest BCUT2D eigenvalue weighted by Crippen LogP contribution is -2.57. The standard InChI is InChI=1S/C31H36ClF2N7O4/c1-6-12-45-18(3)28(36-15-17(2)35-4)31(43)41-11-7-8-24(41)30(42)40-23-13-19-22(14-25(23)44-5)37-16-38-29(19)39-21-10-9-20(33)26(32)27(21)34/h1,9-10,13-14,16-18,24,28,35-36H,7-8,11-12,15H2,2-5H3,(H,40,42)(H,37,38,39)/t17-,18+,24-,28-/m0/s1. The van der Waals surface area contributed by atoms with Crippen molar-refractivity contribution in [3.63, 3.8) is 0 Å². The van der Waals surface area contributed by atoms with Crippen LogP contribution in [0.2, 0.25) is 5.02 Å². The van der Waals surface area contributed by atoms with Gasteiger partial charge < -0.3 is 35.6 Å². The number of benzene rings is 2. The third kappa shape index (κ3) is 7.77. The fourth-order valence-electron chi connectivity index (χ4n) is 5.03. The zero-order valence-corrected chi connectivity index (χ0v) is 26.2. The van der Waals surface area contributed by atoms with Crippen LogP contribution in [0.3, 0.4) is 0 Å². The van der Waals surface area contributed by atoms with Crippen molar-refractivity contribution in [3.8, 4) is 18.1 Å². The number of methoxy groups -OCH3 is 1. The number of amides is 2. The zero-order valence-electron chi connectivity index (χ0n) is 25.4. The molecule has 0 spiro atoms. The molecule has 2 amide bonds. The Balaban J connectivity index is 1.60. The Morgan fingerprint density at radius 1 is 1.22 bits per heavy atom. The summed E-state index contributed by atoms with van der Waals surface area (Å²) in [5.74, 6) is 0.349. The largest absolute Gasteiger partial charge is 0.494 e. The monoisotopic (exact) mass is 643 g/mol. The molecule has 1 aliphatic rings. The summed E-state index contributed by atoms with van der Waals surface area (Å²) in [6, 6.07) is 3.99. The highest BCUT2D eigenvalue weighted by molar-refractivity contribution is 6.31. The molecule has 3 aromatic rings. The molecule has 1 fully saturated rings. The molecule has 0 saturated carbocycles. The lowest BCUT2D eigenvalue weighted by molar-refractivity contribution is -0.141. The number of anilines is 3. The summed E-state index contributed by atoms with van der Waals surface area (Å²) in [6.45, 7) is 4.66. The van der Waals surface area contributed by atoms with E-state index in [-0.39, 0.29) is 35.7 Å². The molecule has 240 valence electrons. The Morgan fingerprint density at radius 3 is 2.71 bits per heavy atom. The summed E-state index contributed by atoms with van der Waals surface area (Å²) in [4.78, 5) is 37.6. The van der Waals surface area contributed by atoms with Gasteiger partial charge in [-0.25, -0.2) is 18.7 Å². The van der Waals surface area contributed by atoms with Crippen LogP contribution in [0.15, 0.2) is 30.6 Å². The number of nitrogens with one attached hydrogen (secondary N) is 4. The number of ether oxygens (including phenoxy) is 2. The normalized spacial score (nSPS) is 16.6. The van der Waals surface area contributed by atoms with E-state index in [9.17, 15) is 18.4 Å². The van der Waals surface area contributed by atoms with E-state index in [2.05, 4.69) is 37.2 Å². The molecule has 1 aromatic heterocycles. The number of nitrogens with zero attached hydrogens (tertiary/aromatic N) is 3. The highest BCUT2D eigenvalue weighted by Gasteiger charge is 2.39. The van der Waals surface area contributed by atoms with E-state index in [1.165, 1.54) is 19.5 Å². The van der Waals surface area contributed by atoms with E-state index in [0.717, 1.165) is 6.07 Å². The van der Waals surface area contributed by atoms with Gasteiger partial charge in [0.25, 0.3) is 0 Å². The van der Waals surface area contributed by atoms with Gasteiger partial charge in [-0.05, 0) is 51.9 Å². The molecule has 11 nitrogen and oxygen atoms in total. The Hall–Kier alpha value is -4.09. The van der Waals surface area contributed by atoms with Crippen molar-refractivity contribution < 1.29 is 27.8 Å². The number of likely N-dealkylation sites (N-methyl/N-ethyl adjacent to an activating group) is 1. The van der Waals surface area contributed by atoms with Crippen molar-refractivity contribution in [1.82, 2.24) is 25.5 Å². The van der Waals surface area contributed by atoms with Crippen LogP contribution in [-0.4, -0.2) is 84.8 Å². The molecule has 2 aromatic carbocycles. The van der Waals surface area contributed by atoms with Gasteiger partial charge in [0.05, 0.1) is 30.1 Å². The van der Waals surface area contributed by atoms with Crippen molar-refractivity contribution in [3.05, 3.63) is 47.2 Å². The van der Waals surface area contributed by atoms with E-state index in [4.69, 9.17) is 27.5 Å². The molecule has 4 rings (SSSR count). The van der Waals surface area contributed by atoms with Gasteiger partial charge in [-0.2, -0.15) is 0 Å². The molecule has 45 heavy (non-hydrogen) atoms. The smallest absolute Gasteiger partial charge is 0.247 e. The van der Waals surface area contributed by atoms with Crippen LogP contribution in [0.25, 0.3) is 10.9 Å². The van der Waals surface area contributed by atoms with Gasteiger partial charge in [-0.15, -0.1) is 6.42 Å². The minimum absolute atomic E-state index is 0.0429. The van der Waals surface area contributed by atoms with E-state index in [1.807, 2.05) is 14.0 Å². The molecule has 4 atom stereocenters. The second-order valence-electron chi connectivity index (χ2n) is 10.6. The maximum Gasteiger partial charge on any atom is 0.247 e. The van der Waals surface area contributed by atoms with Crippen LogP contribution in [0.5, 0.6) is 5.75 Å². The number of terminal acetylenes is 1. The fraction of sp³-hybridized carbons (Fsp3) is 0.419. The number of carbonyl (C=O) groups is 2. The lowest BCUT2D eigenvalue weighted by Gasteiger charge is -2.32. The number of likely N-dealkylation sites (tertiary alicyclic amines) is 1. The van der Waals surface area contributed by atoms with Crippen molar-refractivity contribution in [2.24, 2.45) is 0 Å². The predicted octanol–water partition coefficient (Wildman–Crippen LogP) is 3.85. The average molecular weight is 644 g/mol. The number of aromatic nitrogens is 2. The molecule has 1 saturated heterocycles. The summed E-state index contributed by atoms with van der Waals surface area (Å²) in [7, 11) is 3.27. The van der Waals surface area contributed by atoms with Crippen LogP contribution in [0, 0.1) is 24.0 Å². The topological polar surface area (TPSA) is 130 Å². The second kappa shape index (κ2) is 15.3. The van der Waals surface area contributed by atoms with Gasteiger partial charge in [-0.1, -0.05) is 17.5 Å². The minimum atomic E-state index is -0.983. The van der Waals surface area contributed by atoms with Gasteiger partial charge in [0.2, 0.25) is 11.8 Å². The molecule has 0 unspecified atom stereocenters. The van der Waals surface area contributed by atoms with Gasteiger partial charge in [0, 0.05) is 30.6 Å². The summed E-state index contributed by atoms with van der Waals surface area (Å²) in [5.41, 5.74) is 0.614. The summed E-state index contributed by atoms with van der Waals surface area (Å²) in [5, 5.41) is 11.9. The highest BCUT2D eigenvalue weighted by Crippen LogP contribution is 2.35. The number of hydrogen-bond donors (Lipinski definition) is 4. The lowest BCUT2D eigenvalue weighted by atomic mass is 10.1. The summed E-state index contributed by atoms with van der Waals surface area (Å²) in [6.07, 6.45) is 7.17. The quantitative estimate of drug-likeness (QED) is 0.162. The first-order valence-corrected chi connectivity index (χ1v) is 14.8. The van der Waals surface area contributed by atoms with Crippen LogP contribution >= 0.6 is 11.6 Å². The molecule has 14 heteroatoms. The number of carbonyl (C=O) groups excluding carboxylic acids is 2. The molecular weight excluding hydrogens is 608 g/mol. The van der Waals surface area contributed by atoms with E-state index in [1.54, 1.807) is 24.0 Å². The molecule has 2 heterocycles. The molecule has 4 N–H and O–H groups in total. The van der Waals surface area contributed by atoms with Crippen molar-refractivity contribution in [2.75, 3.05) is 44.5 Å². The Labute approximate surface area is 265 Å². The van der Waals surface area contributed by atoms with Crippen LogP contribution < -0.4 is 26.0 Å². The third-order valence-electron chi connectivity index (χ3n) is 7.64. The molecular formula is C31H36ClF2N7O4. The summed E-state index contributed by atoms with van der Waals surface area (Å²) < 4.78 is 39.6. The molecule has 0 radical (unpaired) electrons. The number of halogens is 3. The number of fused-ring (bicyclic) bond motifs is 1. The number of rotatable bonds is 13. The van der Waals surface area contributed by atoms with Crippen LogP contribution in [-0.2, 0) is 14.3 Å². The fourth-order valence-corrected chi connectivity index (χ4v) is 5.20. The first kappa shape index (κ1) is 33.8. The third-order valence-corrected chi connectivity index (χ3v) is 7.99. The summed E-state index contributed by atoms with van der Waals surface area (Å²) >= 11 is 5.75. The van der Waals surface area contributed by atoms with Crippen molar-refractivity contribution >= 4 is 51.5 Å². The maximum atomic E-state index is 14.7. The zero-order chi connectivity index (χ0) is 32.7.